The number of Topliss-reactive ketones (excluding diaryl/α,β-unsaturated/α-hetero) is 1. The smallest absolute Gasteiger partial charge is 0.416 e. The number of methoxy groups -OCH3 is 1. The second kappa shape index (κ2) is 9.22. The van der Waals surface area contributed by atoms with E-state index in [1.807, 2.05) is 24.3 Å². The van der Waals surface area contributed by atoms with Gasteiger partial charge in [-0.3, -0.25) is 10.1 Å². The Morgan fingerprint density at radius 3 is 2.58 bits per heavy atom. The van der Waals surface area contributed by atoms with Crippen LogP contribution in [0.4, 0.5) is 23.8 Å². The van der Waals surface area contributed by atoms with E-state index in [0.29, 0.717) is 42.2 Å². The first-order valence-electron chi connectivity index (χ1n) is 10.5. The molecule has 2 unspecified atom stereocenters. The van der Waals surface area contributed by atoms with Crippen LogP contribution in [0.25, 0.3) is 0 Å². The number of rotatable bonds is 6. The molecule has 2 amide bonds. The number of ketones is 1. The molecule has 33 heavy (non-hydrogen) atoms. The van der Waals surface area contributed by atoms with Crippen LogP contribution in [0, 0.1) is 0 Å². The summed E-state index contributed by atoms with van der Waals surface area (Å²) in [6, 6.07) is 7.72. The maximum Gasteiger partial charge on any atom is 0.416 e. The number of pyridine rings is 1. The van der Waals surface area contributed by atoms with Crippen LogP contribution in [0.5, 0.6) is 0 Å². The number of hydrogen-bond acceptors (Lipinski definition) is 5. The Labute approximate surface area is 188 Å². The normalized spacial score (nSPS) is 19.2. The lowest BCUT2D eigenvalue weighted by Gasteiger charge is -2.27. The lowest BCUT2D eigenvalue weighted by molar-refractivity contribution is -0.137. The molecule has 1 saturated heterocycles. The molecule has 174 valence electrons. The van der Waals surface area contributed by atoms with E-state index in [9.17, 15) is 22.8 Å². The third kappa shape index (κ3) is 5.33. The first kappa shape index (κ1) is 22.8. The number of urea groups is 1. The van der Waals surface area contributed by atoms with E-state index in [-0.39, 0.29) is 11.6 Å². The fraction of sp³-hybridized carbons (Fsp3) is 0.348. The number of aromatic nitrogens is 1. The Hall–Kier alpha value is -3.40. The van der Waals surface area contributed by atoms with E-state index in [4.69, 9.17) is 4.74 Å². The van der Waals surface area contributed by atoms with E-state index >= 15 is 0 Å². The highest BCUT2D eigenvalue weighted by molar-refractivity contribution is 5.99. The average molecular weight is 460 g/mol. The molecule has 2 aromatic rings. The number of hydrogen-bond donors (Lipinski definition) is 3. The molecule has 2 heterocycles. The van der Waals surface area contributed by atoms with E-state index in [0.717, 1.165) is 30.4 Å². The molecule has 2 aliphatic rings. The molecular formula is C23H23F3N4O3. The van der Waals surface area contributed by atoms with Crippen molar-refractivity contribution in [2.24, 2.45) is 0 Å². The molecular weight excluding hydrogens is 437 g/mol. The van der Waals surface area contributed by atoms with Crippen LogP contribution in [0.3, 0.4) is 0 Å². The standard InChI is InChI=1S/C23H23F3N4O3/c1-33-18-4-2-3-17(31)20(18)21(14-7-5-13(6-8-14)16-12-28-16)30-22(32)29-19-11-15(9-10-27-19)23(24,25)26/h5-11,16,21,28H,2-4,12H2,1H3,(H2,27,29,30,32). The van der Waals surface area contributed by atoms with Gasteiger partial charge in [0.15, 0.2) is 5.78 Å². The maximum absolute atomic E-state index is 13.0. The number of carbonyl (C=O) groups is 2. The predicted molar refractivity (Wildman–Crippen MR) is 114 cm³/mol. The number of amides is 2. The van der Waals surface area contributed by atoms with Crippen molar-refractivity contribution >= 4 is 17.6 Å². The second-order valence-electron chi connectivity index (χ2n) is 7.90. The van der Waals surface area contributed by atoms with Gasteiger partial charge >= 0.3 is 12.2 Å². The number of halogens is 3. The molecule has 7 nitrogen and oxygen atoms in total. The van der Waals surface area contributed by atoms with Crippen molar-refractivity contribution in [1.29, 1.82) is 0 Å². The fourth-order valence-electron chi connectivity index (χ4n) is 3.86. The molecule has 4 rings (SSSR count). The summed E-state index contributed by atoms with van der Waals surface area (Å²) in [6.45, 7) is 0.894. The lowest BCUT2D eigenvalue weighted by atomic mass is 9.87. The molecule has 1 aliphatic heterocycles. The largest absolute Gasteiger partial charge is 0.501 e. The van der Waals surface area contributed by atoms with Crippen LogP contribution in [-0.2, 0) is 15.7 Å². The topological polar surface area (TPSA) is 102 Å². The van der Waals surface area contributed by atoms with Gasteiger partial charge in [0.1, 0.15) is 11.6 Å². The minimum Gasteiger partial charge on any atom is -0.501 e. The summed E-state index contributed by atoms with van der Waals surface area (Å²) < 4.78 is 44.4. The summed E-state index contributed by atoms with van der Waals surface area (Å²) >= 11 is 0. The van der Waals surface area contributed by atoms with Crippen LogP contribution in [0.15, 0.2) is 53.9 Å². The molecule has 3 N–H and O–H groups in total. The molecule has 1 fully saturated rings. The summed E-state index contributed by atoms with van der Waals surface area (Å²) in [5.41, 5.74) is 1.16. The zero-order valence-corrected chi connectivity index (χ0v) is 17.8. The fourth-order valence-corrected chi connectivity index (χ4v) is 3.86. The van der Waals surface area contributed by atoms with E-state index in [1.54, 1.807) is 0 Å². The quantitative estimate of drug-likeness (QED) is 0.559. The third-order valence-corrected chi connectivity index (χ3v) is 5.63. The number of nitrogens with zero attached hydrogens (tertiary/aromatic N) is 1. The predicted octanol–water partition coefficient (Wildman–Crippen LogP) is 4.26. The van der Waals surface area contributed by atoms with Crippen LogP contribution >= 0.6 is 0 Å². The number of ether oxygens (including phenoxy) is 1. The number of anilines is 1. The van der Waals surface area contributed by atoms with Gasteiger partial charge < -0.3 is 15.4 Å². The second-order valence-corrected chi connectivity index (χ2v) is 7.90. The van der Waals surface area contributed by atoms with Crippen molar-refractivity contribution in [3.63, 3.8) is 0 Å². The zero-order chi connectivity index (χ0) is 23.6. The highest BCUT2D eigenvalue weighted by atomic mass is 19.4. The van der Waals surface area contributed by atoms with Crippen molar-refractivity contribution in [2.75, 3.05) is 19.0 Å². The van der Waals surface area contributed by atoms with Crippen molar-refractivity contribution in [1.82, 2.24) is 15.6 Å². The van der Waals surface area contributed by atoms with E-state index in [2.05, 4.69) is 20.9 Å². The summed E-state index contributed by atoms with van der Waals surface area (Å²) in [7, 11) is 1.47. The van der Waals surface area contributed by atoms with Crippen LogP contribution in [0.1, 0.15) is 48.0 Å². The Morgan fingerprint density at radius 1 is 1.21 bits per heavy atom. The summed E-state index contributed by atoms with van der Waals surface area (Å²) in [4.78, 5) is 29.3. The van der Waals surface area contributed by atoms with Gasteiger partial charge in [0, 0.05) is 31.6 Å². The van der Waals surface area contributed by atoms with Gasteiger partial charge in [0.05, 0.1) is 24.3 Å². The van der Waals surface area contributed by atoms with Crippen LogP contribution in [-0.4, -0.2) is 30.5 Å². The number of nitrogens with one attached hydrogen (secondary N) is 3. The lowest BCUT2D eigenvalue weighted by Crippen LogP contribution is -2.36. The number of allylic oxidation sites excluding steroid dienone is 1. The SMILES string of the molecule is COC1=C(C(NC(=O)Nc2cc(C(F)(F)F)ccn2)c2ccc(C3CN3)cc2)C(=O)CCC1. The Morgan fingerprint density at radius 2 is 1.94 bits per heavy atom. The van der Waals surface area contributed by atoms with Gasteiger partial charge in [0.25, 0.3) is 0 Å². The highest BCUT2D eigenvalue weighted by Gasteiger charge is 2.33. The Balaban J connectivity index is 1.61. The van der Waals surface area contributed by atoms with Gasteiger partial charge in [-0.25, -0.2) is 9.78 Å². The minimum atomic E-state index is -4.57. The van der Waals surface area contributed by atoms with E-state index in [1.165, 1.54) is 7.11 Å². The molecule has 0 saturated carbocycles. The number of alkyl halides is 3. The Bertz CT molecular complexity index is 1080. The molecule has 2 atom stereocenters. The number of carbonyl (C=O) groups excluding carboxylic acids is 2. The van der Waals surface area contributed by atoms with Gasteiger partial charge in [-0.05, 0) is 29.7 Å². The maximum atomic E-state index is 13.0. The zero-order valence-electron chi connectivity index (χ0n) is 17.8. The van der Waals surface area contributed by atoms with Gasteiger partial charge in [0.2, 0.25) is 0 Å². The molecule has 0 spiro atoms. The van der Waals surface area contributed by atoms with Crippen LogP contribution in [0.2, 0.25) is 0 Å². The van der Waals surface area contributed by atoms with Crippen molar-refractivity contribution < 1.29 is 27.5 Å². The third-order valence-electron chi connectivity index (χ3n) is 5.63. The van der Waals surface area contributed by atoms with Gasteiger partial charge in [-0.1, -0.05) is 24.3 Å². The van der Waals surface area contributed by atoms with Crippen molar-refractivity contribution in [3.05, 3.63) is 70.6 Å². The molecule has 10 heteroatoms. The summed E-state index contributed by atoms with van der Waals surface area (Å²) in [5, 5.41) is 8.27. The molecule has 0 bridgehead atoms. The average Bonchev–Trinajstić information content (AvgIpc) is 3.63. The van der Waals surface area contributed by atoms with Crippen LogP contribution < -0.4 is 16.0 Å². The highest BCUT2D eigenvalue weighted by Crippen LogP contribution is 2.34. The number of benzene rings is 1. The molecule has 1 aromatic heterocycles. The van der Waals surface area contributed by atoms with Crippen molar-refractivity contribution in [3.8, 4) is 0 Å². The summed E-state index contributed by atoms with van der Waals surface area (Å²) in [5.74, 6) is 0.0855. The Kier molecular flexibility index (Phi) is 6.37. The van der Waals surface area contributed by atoms with Gasteiger partial charge in [-0.2, -0.15) is 13.2 Å². The first-order chi connectivity index (χ1) is 15.8. The monoisotopic (exact) mass is 460 g/mol. The molecule has 1 aliphatic carbocycles. The first-order valence-corrected chi connectivity index (χ1v) is 10.5. The van der Waals surface area contributed by atoms with Gasteiger partial charge in [-0.15, -0.1) is 0 Å². The minimum absolute atomic E-state index is 0.145. The van der Waals surface area contributed by atoms with E-state index < -0.39 is 23.8 Å². The molecule has 0 radical (unpaired) electrons. The summed E-state index contributed by atoms with van der Waals surface area (Å²) in [6.07, 6.45) is -2.08. The van der Waals surface area contributed by atoms with Crippen molar-refractivity contribution in [2.45, 2.75) is 37.5 Å². The molecule has 1 aromatic carbocycles.